The van der Waals surface area contributed by atoms with Crippen molar-refractivity contribution in [2.75, 3.05) is 27.8 Å². The van der Waals surface area contributed by atoms with Crippen molar-refractivity contribution in [3.05, 3.63) is 23.8 Å². The van der Waals surface area contributed by atoms with Gasteiger partial charge in [-0.3, -0.25) is 9.10 Å². The molecule has 0 unspecified atom stereocenters. The molecule has 1 aliphatic rings. The van der Waals surface area contributed by atoms with E-state index >= 15 is 0 Å². The average Bonchev–Trinajstić information content (AvgIpc) is 2.80. The Kier molecular flexibility index (Phi) is 4.73. The molecule has 0 aliphatic carbocycles. The number of nitrogens with zero attached hydrogens (tertiary/aromatic N) is 1. The maximum atomic E-state index is 12.2. The van der Waals surface area contributed by atoms with Crippen LogP contribution in [0.2, 0.25) is 0 Å². The summed E-state index contributed by atoms with van der Waals surface area (Å²) in [6.45, 7) is 5.87. The lowest BCUT2D eigenvalue weighted by Crippen LogP contribution is -2.32. The van der Waals surface area contributed by atoms with Gasteiger partial charge in [0.05, 0.1) is 16.9 Å². The number of rotatable bonds is 4. The Morgan fingerprint density at radius 2 is 2.09 bits per heavy atom. The first kappa shape index (κ1) is 17.1. The van der Waals surface area contributed by atoms with Gasteiger partial charge in [0.15, 0.2) is 0 Å². The molecule has 2 rings (SSSR count). The van der Waals surface area contributed by atoms with Crippen molar-refractivity contribution in [3.63, 3.8) is 0 Å². The first-order valence-corrected chi connectivity index (χ1v) is 9.30. The molecule has 0 saturated carbocycles. The Bertz CT molecular complexity index is 686. The largest absolute Gasteiger partial charge is 0.325 e. The molecular formula is C15H21ClN2O3S. The highest BCUT2D eigenvalue weighted by molar-refractivity contribution is 7.93. The van der Waals surface area contributed by atoms with E-state index in [-0.39, 0.29) is 17.5 Å². The Hall–Kier alpha value is -1.27. The summed E-state index contributed by atoms with van der Waals surface area (Å²) >= 11 is 5.82. The molecule has 1 amide bonds. The zero-order valence-electron chi connectivity index (χ0n) is 13.0. The quantitative estimate of drug-likeness (QED) is 0.854. The summed E-state index contributed by atoms with van der Waals surface area (Å²) in [5.41, 5.74) is 1.38. The average molecular weight is 345 g/mol. The highest BCUT2D eigenvalue weighted by Gasteiger charge is 2.30. The third-order valence-electron chi connectivity index (χ3n) is 3.81. The molecule has 5 nitrogen and oxygen atoms in total. The number of alkyl halides is 1. The van der Waals surface area contributed by atoms with Crippen molar-refractivity contribution in [2.45, 2.75) is 27.2 Å². The van der Waals surface area contributed by atoms with E-state index in [1.54, 1.807) is 26.0 Å². The van der Waals surface area contributed by atoms with E-state index in [0.29, 0.717) is 24.3 Å². The number of hydrogen-bond acceptors (Lipinski definition) is 3. The number of nitrogens with one attached hydrogen (secondary N) is 1. The molecule has 1 N–H and O–H groups in total. The van der Waals surface area contributed by atoms with Gasteiger partial charge in [-0.15, -0.1) is 11.6 Å². The predicted octanol–water partition coefficient (Wildman–Crippen LogP) is 2.74. The second-order valence-corrected chi connectivity index (χ2v) is 8.49. The van der Waals surface area contributed by atoms with E-state index in [1.807, 2.05) is 13.0 Å². The van der Waals surface area contributed by atoms with Gasteiger partial charge in [-0.05, 0) is 44.9 Å². The summed E-state index contributed by atoms with van der Waals surface area (Å²) in [6, 6.07) is 5.29. The monoisotopic (exact) mass is 344 g/mol. The third-order valence-corrected chi connectivity index (χ3v) is 6.34. The molecule has 22 heavy (non-hydrogen) atoms. The molecule has 0 bridgehead atoms. The number of halogens is 1. The molecule has 1 aromatic rings. The lowest BCUT2D eigenvalue weighted by Gasteiger charge is -2.23. The topological polar surface area (TPSA) is 66.5 Å². The van der Waals surface area contributed by atoms with Crippen LogP contribution in [0.4, 0.5) is 11.4 Å². The van der Waals surface area contributed by atoms with Gasteiger partial charge in [0.1, 0.15) is 0 Å². The SMILES string of the molecule is Cc1ccc(N2CCCS2(=O)=O)cc1NC(=O)C(C)(C)CCl. The first-order chi connectivity index (χ1) is 10.2. The fraction of sp³-hybridized carbons (Fsp3) is 0.533. The molecule has 0 spiro atoms. The Labute approximate surface area is 136 Å². The van der Waals surface area contributed by atoms with Crippen molar-refractivity contribution in [1.82, 2.24) is 0 Å². The number of hydrogen-bond donors (Lipinski definition) is 1. The molecule has 1 fully saturated rings. The highest BCUT2D eigenvalue weighted by atomic mass is 35.5. The Morgan fingerprint density at radius 3 is 2.64 bits per heavy atom. The van der Waals surface area contributed by atoms with Crippen LogP contribution in [0.3, 0.4) is 0 Å². The fourth-order valence-corrected chi connectivity index (χ4v) is 3.86. The van der Waals surface area contributed by atoms with Crippen LogP contribution in [0.15, 0.2) is 18.2 Å². The van der Waals surface area contributed by atoms with Gasteiger partial charge in [-0.25, -0.2) is 8.42 Å². The Morgan fingerprint density at radius 1 is 1.41 bits per heavy atom. The summed E-state index contributed by atoms with van der Waals surface area (Å²) in [6.07, 6.45) is 0.622. The van der Waals surface area contributed by atoms with Crippen LogP contribution in [0.5, 0.6) is 0 Å². The molecule has 122 valence electrons. The van der Waals surface area contributed by atoms with Crippen LogP contribution in [0.1, 0.15) is 25.8 Å². The standard InChI is InChI=1S/C15H21ClN2O3S/c1-11-5-6-12(18-7-4-8-22(18,20)21)9-13(11)17-14(19)15(2,3)10-16/h5-6,9H,4,7-8,10H2,1-3H3,(H,17,19). The van der Waals surface area contributed by atoms with Crippen molar-refractivity contribution in [3.8, 4) is 0 Å². The number of amides is 1. The van der Waals surface area contributed by atoms with E-state index in [9.17, 15) is 13.2 Å². The van der Waals surface area contributed by atoms with Gasteiger partial charge in [0.2, 0.25) is 15.9 Å². The van der Waals surface area contributed by atoms with E-state index in [0.717, 1.165) is 5.56 Å². The van der Waals surface area contributed by atoms with Gasteiger partial charge in [-0.1, -0.05) is 6.07 Å². The predicted molar refractivity (Wildman–Crippen MR) is 90.1 cm³/mol. The van der Waals surface area contributed by atoms with Crippen LogP contribution in [0, 0.1) is 12.3 Å². The molecule has 0 atom stereocenters. The molecule has 1 saturated heterocycles. The third kappa shape index (κ3) is 3.38. The van der Waals surface area contributed by atoms with Gasteiger partial charge >= 0.3 is 0 Å². The first-order valence-electron chi connectivity index (χ1n) is 7.16. The zero-order chi connectivity index (χ0) is 16.5. The van der Waals surface area contributed by atoms with Crippen molar-refractivity contribution in [1.29, 1.82) is 0 Å². The van der Waals surface area contributed by atoms with Crippen LogP contribution in [-0.2, 0) is 14.8 Å². The highest BCUT2D eigenvalue weighted by Crippen LogP contribution is 2.29. The lowest BCUT2D eigenvalue weighted by atomic mass is 9.95. The fourth-order valence-electron chi connectivity index (χ4n) is 2.18. The van der Waals surface area contributed by atoms with Gasteiger partial charge in [0.25, 0.3) is 0 Å². The normalized spacial score (nSPS) is 17.5. The summed E-state index contributed by atoms with van der Waals surface area (Å²) in [4.78, 5) is 12.2. The van der Waals surface area contributed by atoms with Gasteiger partial charge in [0, 0.05) is 18.1 Å². The number of anilines is 2. The maximum absolute atomic E-state index is 12.2. The van der Waals surface area contributed by atoms with Crippen LogP contribution < -0.4 is 9.62 Å². The van der Waals surface area contributed by atoms with E-state index < -0.39 is 15.4 Å². The molecule has 0 radical (unpaired) electrons. The van der Waals surface area contributed by atoms with E-state index in [4.69, 9.17) is 11.6 Å². The molecule has 1 heterocycles. The van der Waals surface area contributed by atoms with Crippen molar-refractivity contribution < 1.29 is 13.2 Å². The molecule has 7 heteroatoms. The minimum atomic E-state index is -3.23. The minimum Gasteiger partial charge on any atom is -0.325 e. The smallest absolute Gasteiger partial charge is 0.235 e. The van der Waals surface area contributed by atoms with Crippen LogP contribution in [-0.4, -0.2) is 32.5 Å². The van der Waals surface area contributed by atoms with Gasteiger partial charge in [-0.2, -0.15) is 0 Å². The maximum Gasteiger partial charge on any atom is 0.235 e. The number of aryl methyl sites for hydroxylation is 1. The Balaban J connectivity index is 2.30. The number of sulfonamides is 1. The molecule has 1 aromatic carbocycles. The second kappa shape index (κ2) is 6.08. The molecule has 1 aliphatic heterocycles. The van der Waals surface area contributed by atoms with E-state index in [1.165, 1.54) is 4.31 Å². The summed E-state index contributed by atoms with van der Waals surface area (Å²) < 4.78 is 25.4. The lowest BCUT2D eigenvalue weighted by molar-refractivity contribution is -0.122. The summed E-state index contributed by atoms with van der Waals surface area (Å²) in [5.74, 6) is 0.187. The molecule has 0 aromatic heterocycles. The summed E-state index contributed by atoms with van der Waals surface area (Å²) in [7, 11) is -3.23. The minimum absolute atomic E-state index is 0.168. The number of benzene rings is 1. The molecular weight excluding hydrogens is 324 g/mol. The van der Waals surface area contributed by atoms with Crippen molar-refractivity contribution in [2.24, 2.45) is 5.41 Å². The number of carbonyl (C=O) groups excluding carboxylic acids is 1. The van der Waals surface area contributed by atoms with Gasteiger partial charge < -0.3 is 5.32 Å². The number of carbonyl (C=O) groups is 1. The van der Waals surface area contributed by atoms with Crippen molar-refractivity contribution >= 4 is 38.9 Å². The van der Waals surface area contributed by atoms with Crippen LogP contribution >= 0.6 is 11.6 Å². The zero-order valence-corrected chi connectivity index (χ0v) is 14.6. The van der Waals surface area contributed by atoms with Crippen LogP contribution in [0.25, 0.3) is 0 Å². The second-order valence-electron chi connectivity index (χ2n) is 6.21. The summed E-state index contributed by atoms with van der Waals surface area (Å²) in [5, 5.41) is 2.85. The van der Waals surface area contributed by atoms with E-state index in [2.05, 4.69) is 5.32 Å².